The average molecular weight is 537 g/mol. The quantitative estimate of drug-likeness (QED) is 0.262. The molecule has 5 aromatic heterocycles. The van der Waals surface area contributed by atoms with Gasteiger partial charge in [-0.25, -0.2) is 19.0 Å². The van der Waals surface area contributed by atoms with Crippen molar-refractivity contribution < 1.29 is 4.92 Å². The first-order valence-corrected chi connectivity index (χ1v) is 9.61. The van der Waals surface area contributed by atoms with Gasteiger partial charge in [-0.1, -0.05) is 0 Å². The summed E-state index contributed by atoms with van der Waals surface area (Å²) in [7, 11) is 0. The monoisotopic (exact) mass is 535 g/mol. The lowest BCUT2D eigenvalue weighted by Crippen LogP contribution is -2.08. The number of hydrogen-bond donors (Lipinski definition) is 2. The van der Waals surface area contributed by atoms with Crippen LogP contribution in [0.5, 0.6) is 0 Å². The molecular formula is C15H7Br2N9O4. The van der Waals surface area contributed by atoms with Crippen LogP contribution in [0.1, 0.15) is 0 Å². The van der Waals surface area contributed by atoms with E-state index in [1.807, 2.05) is 0 Å². The number of nitro groups is 1. The van der Waals surface area contributed by atoms with E-state index in [0.717, 1.165) is 3.71 Å². The van der Waals surface area contributed by atoms with Crippen LogP contribution in [0.4, 0.5) is 5.69 Å². The van der Waals surface area contributed by atoms with E-state index in [4.69, 9.17) is 0 Å². The fourth-order valence-corrected chi connectivity index (χ4v) is 3.78. The summed E-state index contributed by atoms with van der Waals surface area (Å²) in [4.78, 5) is 43.1. The van der Waals surface area contributed by atoms with Crippen LogP contribution in [0, 0.1) is 10.1 Å². The van der Waals surface area contributed by atoms with Crippen LogP contribution in [0.3, 0.4) is 0 Å². The van der Waals surface area contributed by atoms with E-state index < -0.39 is 4.92 Å². The Kier molecular flexibility index (Phi) is 3.97. The molecule has 5 heterocycles. The zero-order valence-electron chi connectivity index (χ0n) is 14.4. The molecule has 15 heteroatoms. The number of aromatic nitrogens is 8. The molecule has 0 aromatic carbocycles. The van der Waals surface area contributed by atoms with Crippen molar-refractivity contribution in [2.24, 2.45) is 0 Å². The minimum Gasteiger partial charge on any atom is -0.270 e. The zero-order valence-corrected chi connectivity index (χ0v) is 17.6. The predicted octanol–water partition coefficient (Wildman–Crippen LogP) is 1.72. The average Bonchev–Trinajstić information content (AvgIpc) is 3.37. The number of halogens is 2. The van der Waals surface area contributed by atoms with E-state index in [-0.39, 0.29) is 32.7 Å². The number of aromatic amines is 2. The van der Waals surface area contributed by atoms with Crippen molar-refractivity contribution in [2.75, 3.05) is 0 Å². The second-order valence-corrected chi connectivity index (χ2v) is 7.60. The molecule has 2 N–H and O–H groups in total. The second-order valence-electron chi connectivity index (χ2n) is 6.13. The summed E-state index contributed by atoms with van der Waals surface area (Å²) in [5.41, 5.74) is 0.431. The van der Waals surface area contributed by atoms with E-state index >= 15 is 0 Å². The van der Waals surface area contributed by atoms with Crippen molar-refractivity contribution in [2.45, 2.75) is 0 Å². The highest BCUT2D eigenvalue weighted by Crippen LogP contribution is 2.36. The van der Waals surface area contributed by atoms with Crippen LogP contribution in [0.25, 0.3) is 33.8 Å². The molecule has 0 spiro atoms. The molecule has 30 heavy (non-hydrogen) atoms. The first-order valence-electron chi connectivity index (χ1n) is 8.11. The fourth-order valence-electron chi connectivity index (χ4n) is 3.04. The molecule has 0 atom stereocenters. The topological polar surface area (TPSA) is 161 Å². The lowest BCUT2D eigenvalue weighted by molar-refractivity contribution is -0.383. The normalized spacial score (nSPS) is 11.5. The summed E-state index contributed by atoms with van der Waals surface area (Å²) < 4.78 is 4.13. The van der Waals surface area contributed by atoms with Crippen LogP contribution in [0.2, 0.25) is 0 Å². The Morgan fingerprint density at radius 2 is 1.90 bits per heavy atom. The number of H-pyrrole nitrogens is 2. The van der Waals surface area contributed by atoms with Crippen LogP contribution >= 0.6 is 32.1 Å². The lowest BCUT2D eigenvalue weighted by atomic mass is 10.1. The maximum Gasteiger partial charge on any atom is 0.322 e. The van der Waals surface area contributed by atoms with E-state index in [0.29, 0.717) is 22.4 Å². The molecule has 0 saturated carbocycles. The molecule has 0 aliphatic rings. The SMILES string of the molecule is O=c1[nH]n2cc(-c3[nH]nc(-c4cnc5cc(=O)n(Br)n5c4)c3[N+](=O)[O-])cnc2c1Br. The summed E-state index contributed by atoms with van der Waals surface area (Å²) in [6.07, 6.45) is 5.76. The smallest absolute Gasteiger partial charge is 0.270 e. The van der Waals surface area contributed by atoms with E-state index in [1.165, 1.54) is 39.9 Å². The molecule has 0 radical (unpaired) electrons. The molecule has 0 fully saturated rings. The third-order valence-corrected chi connectivity index (χ3v) is 5.79. The molecule has 5 aromatic rings. The maximum atomic E-state index is 11.9. The Balaban J connectivity index is 1.71. The van der Waals surface area contributed by atoms with E-state index in [2.05, 4.69) is 57.3 Å². The number of hydrogen-bond acceptors (Lipinski definition) is 7. The molecule has 0 aliphatic heterocycles. The van der Waals surface area contributed by atoms with E-state index in [9.17, 15) is 19.7 Å². The largest absolute Gasteiger partial charge is 0.322 e. The highest BCUT2D eigenvalue weighted by molar-refractivity contribution is 9.10. The van der Waals surface area contributed by atoms with Crippen LogP contribution in [-0.2, 0) is 0 Å². The molecule has 0 bridgehead atoms. The number of rotatable bonds is 3. The molecule has 0 saturated heterocycles. The van der Waals surface area contributed by atoms with Gasteiger partial charge in [-0.2, -0.15) is 8.81 Å². The Labute approximate surface area is 180 Å². The molecule has 0 aliphatic carbocycles. The number of fused-ring (bicyclic) bond motifs is 2. The molecule has 5 rings (SSSR count). The van der Waals surface area contributed by atoms with Gasteiger partial charge < -0.3 is 0 Å². The van der Waals surface area contributed by atoms with Gasteiger partial charge in [-0.15, -0.1) is 0 Å². The van der Waals surface area contributed by atoms with Crippen LogP contribution in [0.15, 0.2) is 44.9 Å². The predicted molar refractivity (Wildman–Crippen MR) is 111 cm³/mol. The van der Waals surface area contributed by atoms with Gasteiger partial charge in [-0.3, -0.25) is 29.9 Å². The van der Waals surface area contributed by atoms with Crippen LogP contribution in [-0.4, -0.2) is 42.9 Å². The highest BCUT2D eigenvalue weighted by Gasteiger charge is 2.28. The van der Waals surface area contributed by atoms with Gasteiger partial charge >= 0.3 is 5.69 Å². The standard InChI is InChI=1S/C15H7Br2N9O4/c16-10-14-19-3-6(4-23(14)22-15(10)28)11-13(26(29)30)12(21-20-11)7-2-18-8-1-9(27)25(17)24(8)5-7/h1-5H,(H,20,21)(H,22,28). The van der Waals surface area contributed by atoms with Gasteiger partial charge in [0.2, 0.25) is 0 Å². The Morgan fingerprint density at radius 1 is 1.13 bits per heavy atom. The van der Waals surface area contributed by atoms with Gasteiger partial charge in [0.25, 0.3) is 11.1 Å². The summed E-state index contributed by atoms with van der Waals surface area (Å²) >= 11 is 6.24. The van der Waals surface area contributed by atoms with Crippen molar-refractivity contribution in [1.29, 1.82) is 0 Å². The third kappa shape index (κ3) is 2.62. The zero-order chi connectivity index (χ0) is 21.2. The molecule has 0 amide bonds. The summed E-state index contributed by atoms with van der Waals surface area (Å²) in [6.45, 7) is 0. The Morgan fingerprint density at radius 3 is 2.67 bits per heavy atom. The molecule has 0 unspecified atom stereocenters. The highest BCUT2D eigenvalue weighted by atomic mass is 79.9. The summed E-state index contributed by atoms with van der Waals surface area (Å²) in [6, 6.07) is 1.31. The number of nitrogens with one attached hydrogen (secondary N) is 2. The molecule has 13 nitrogen and oxygen atoms in total. The fraction of sp³-hybridized carbons (Fsp3) is 0. The Hall–Kier alpha value is -3.59. The molecule has 150 valence electrons. The van der Waals surface area contributed by atoms with Crippen molar-refractivity contribution in [1.82, 2.24) is 38.0 Å². The van der Waals surface area contributed by atoms with E-state index in [1.54, 1.807) is 0 Å². The van der Waals surface area contributed by atoms with Crippen molar-refractivity contribution >= 4 is 49.1 Å². The van der Waals surface area contributed by atoms with Crippen LogP contribution < -0.4 is 11.1 Å². The van der Waals surface area contributed by atoms with Gasteiger partial charge in [0.1, 0.15) is 10.2 Å². The maximum absolute atomic E-state index is 11.9. The van der Waals surface area contributed by atoms with Gasteiger partial charge in [0.15, 0.2) is 17.0 Å². The van der Waals surface area contributed by atoms with Gasteiger partial charge in [0.05, 0.1) is 27.1 Å². The van der Waals surface area contributed by atoms with Gasteiger partial charge in [-0.05, 0) is 15.9 Å². The number of nitrogens with zero attached hydrogens (tertiary/aromatic N) is 7. The third-order valence-electron chi connectivity index (χ3n) is 4.38. The van der Waals surface area contributed by atoms with Crippen molar-refractivity contribution in [3.05, 3.63) is 66.1 Å². The summed E-state index contributed by atoms with van der Waals surface area (Å²) in [5.74, 6) is 0. The first-order chi connectivity index (χ1) is 14.3. The summed E-state index contributed by atoms with van der Waals surface area (Å²) in [5, 5.41) is 21.2. The molecular weight excluding hydrogens is 530 g/mol. The van der Waals surface area contributed by atoms with Crippen molar-refractivity contribution in [3.8, 4) is 22.5 Å². The second kappa shape index (κ2) is 6.46. The van der Waals surface area contributed by atoms with Crippen molar-refractivity contribution in [3.63, 3.8) is 0 Å². The lowest BCUT2D eigenvalue weighted by Gasteiger charge is -2.02. The minimum atomic E-state index is -0.576. The first kappa shape index (κ1) is 18.4. The van der Waals surface area contributed by atoms with Gasteiger partial charge in [0, 0.05) is 35.9 Å². The minimum absolute atomic E-state index is 0.0281. The Bertz CT molecular complexity index is 1610.